The standard InChI is InChI=1S/C42H78O3S.H2O.O.Ti/c1-4-7-10-13-16-19-22-25-28-31-34-39-37-38-42(46(43,44)45)41(36-33-30-27-24-21-18-15-12-9-6-3)40(39)35-32-29-26-23-20-17-14-11-8-5-2;;;/h37-38H,4-36H2,1-3H3,(H,43,44,45);1H2;;/q;;;+2/p-2. The van der Waals surface area contributed by atoms with Gasteiger partial charge in [0.15, 0.2) is 0 Å². The van der Waals surface area contributed by atoms with Crippen LogP contribution in [0, 0.1) is 0 Å². The summed E-state index contributed by atoms with van der Waals surface area (Å²) in [5.74, 6) is 0. The van der Waals surface area contributed by atoms with Gasteiger partial charge < -0.3 is 0 Å². The molecule has 1 aromatic rings. The zero-order valence-corrected chi connectivity index (χ0v) is 34.9. The van der Waals surface area contributed by atoms with Gasteiger partial charge in [0.05, 0.1) is 0 Å². The quantitative estimate of drug-likeness (QED) is 0.0547. The third-order valence-corrected chi connectivity index (χ3v) is 13.3. The van der Waals surface area contributed by atoms with E-state index in [1.54, 1.807) is 6.07 Å². The van der Waals surface area contributed by atoms with Crippen LogP contribution >= 0.6 is 0 Å². The molecular formula is C42H78O5STi. The molecule has 0 heterocycles. The fourth-order valence-corrected chi connectivity index (χ4v) is 9.63. The minimum atomic E-state index is -4.28. The van der Waals surface area contributed by atoms with Crippen LogP contribution in [0.15, 0.2) is 17.0 Å². The van der Waals surface area contributed by atoms with Crippen LogP contribution in [0.3, 0.4) is 0 Å². The smallest absolute Gasteiger partial charge is 0.0654 e. The van der Waals surface area contributed by atoms with E-state index in [0.29, 0.717) is 6.42 Å². The predicted octanol–water partition coefficient (Wildman–Crippen LogP) is 13.6. The summed E-state index contributed by atoms with van der Waals surface area (Å²) >= 11 is -4.28. The molecule has 49 heavy (non-hydrogen) atoms. The Morgan fingerprint density at radius 2 is 0.776 bits per heavy atom. The first kappa shape index (κ1) is 46.6. The summed E-state index contributed by atoms with van der Waals surface area (Å²) in [6.07, 6.45) is 40.5. The fraction of sp³-hybridized carbons (Fsp3) is 0.857. The zero-order chi connectivity index (χ0) is 35.8. The van der Waals surface area contributed by atoms with Crippen molar-refractivity contribution in [3.05, 3.63) is 28.8 Å². The molecule has 0 unspecified atom stereocenters. The van der Waals surface area contributed by atoms with E-state index in [0.717, 1.165) is 50.5 Å². The first-order valence-corrected chi connectivity index (χ1v) is 24.6. The SMILES string of the molecule is CCCCCCCCCCCCc1ccc(S(=O)(=O)[O][Ti](=[O])[OH])c(CCCCCCCCCCCC)c1CCCCCCCCCCCC. The molecule has 1 aromatic carbocycles. The second-order valence-corrected chi connectivity index (χ2v) is 17.9. The molecule has 0 aliphatic rings. The summed E-state index contributed by atoms with van der Waals surface area (Å²) in [4.78, 5) is 0.132. The van der Waals surface area contributed by atoms with E-state index in [4.69, 9.17) is 2.76 Å². The first-order valence-electron chi connectivity index (χ1n) is 21.2. The van der Waals surface area contributed by atoms with E-state index in [1.165, 1.54) is 172 Å². The Kier molecular flexibility index (Phi) is 30.7. The van der Waals surface area contributed by atoms with Crippen molar-refractivity contribution < 1.29 is 36.8 Å². The summed E-state index contributed by atoms with van der Waals surface area (Å²) in [6.45, 7) is 6.78. The number of aryl methyl sites for hydroxylation is 1. The van der Waals surface area contributed by atoms with Crippen molar-refractivity contribution in [3.63, 3.8) is 0 Å². The van der Waals surface area contributed by atoms with Crippen LogP contribution in [0.25, 0.3) is 0 Å². The summed E-state index contributed by atoms with van der Waals surface area (Å²) in [6, 6.07) is 3.66. The molecule has 0 atom stereocenters. The second-order valence-electron chi connectivity index (χ2n) is 14.8. The third-order valence-electron chi connectivity index (χ3n) is 10.3. The van der Waals surface area contributed by atoms with Crippen LogP contribution in [0.2, 0.25) is 0 Å². The Morgan fingerprint density at radius 3 is 1.12 bits per heavy atom. The van der Waals surface area contributed by atoms with Crippen LogP contribution in [0.4, 0.5) is 0 Å². The molecule has 0 amide bonds. The fourth-order valence-electron chi connectivity index (χ4n) is 7.29. The van der Waals surface area contributed by atoms with Crippen LogP contribution in [-0.4, -0.2) is 12.1 Å². The van der Waals surface area contributed by atoms with Gasteiger partial charge in [0.2, 0.25) is 0 Å². The van der Waals surface area contributed by atoms with Crippen molar-refractivity contribution in [2.24, 2.45) is 0 Å². The number of benzene rings is 1. The molecule has 0 aromatic heterocycles. The minimum Gasteiger partial charge on any atom is -0.0654 e. The van der Waals surface area contributed by atoms with Crippen LogP contribution in [-0.2, 0) is 54.1 Å². The molecule has 286 valence electrons. The van der Waals surface area contributed by atoms with E-state index >= 15 is 0 Å². The minimum absolute atomic E-state index is 0.132. The molecule has 0 spiro atoms. The van der Waals surface area contributed by atoms with Crippen molar-refractivity contribution in [2.45, 2.75) is 238 Å². The van der Waals surface area contributed by atoms with E-state index in [9.17, 15) is 15.4 Å². The maximum atomic E-state index is 13.3. The van der Waals surface area contributed by atoms with Crippen molar-refractivity contribution in [2.75, 3.05) is 0 Å². The van der Waals surface area contributed by atoms with E-state index in [2.05, 4.69) is 20.8 Å². The van der Waals surface area contributed by atoms with E-state index in [1.807, 2.05) is 6.07 Å². The van der Waals surface area contributed by atoms with Crippen LogP contribution in [0.5, 0.6) is 0 Å². The average Bonchev–Trinajstić information content (AvgIpc) is 3.07. The molecule has 1 rings (SSSR count). The van der Waals surface area contributed by atoms with Crippen molar-refractivity contribution in [1.82, 2.24) is 0 Å². The summed E-state index contributed by atoms with van der Waals surface area (Å²) in [7, 11) is -4.28. The Bertz CT molecular complexity index is 1040. The van der Waals surface area contributed by atoms with Gasteiger partial charge in [0.25, 0.3) is 0 Å². The van der Waals surface area contributed by atoms with Crippen molar-refractivity contribution >= 4 is 10.1 Å². The monoisotopic (exact) mass is 743 g/mol. The molecular weight excluding hydrogens is 664 g/mol. The molecule has 0 aliphatic carbocycles. The van der Waals surface area contributed by atoms with E-state index < -0.39 is 28.7 Å². The molecule has 0 bridgehead atoms. The Morgan fingerprint density at radius 1 is 0.469 bits per heavy atom. The van der Waals surface area contributed by atoms with Crippen molar-refractivity contribution in [3.8, 4) is 0 Å². The first-order chi connectivity index (χ1) is 23.9. The Balaban J connectivity index is 2.92. The van der Waals surface area contributed by atoms with Gasteiger partial charge in [-0.05, 0) is 0 Å². The summed E-state index contributed by atoms with van der Waals surface area (Å²) in [5.41, 5.74) is 3.32. The second kappa shape index (κ2) is 32.3. The number of rotatable bonds is 36. The summed E-state index contributed by atoms with van der Waals surface area (Å²) in [5, 5.41) is 0. The van der Waals surface area contributed by atoms with Gasteiger partial charge >= 0.3 is 215 Å². The molecule has 0 aliphatic heterocycles. The van der Waals surface area contributed by atoms with Gasteiger partial charge in [0, 0.05) is 0 Å². The van der Waals surface area contributed by atoms with Gasteiger partial charge in [0.1, 0.15) is 0 Å². The molecule has 0 radical (unpaired) electrons. The van der Waals surface area contributed by atoms with Gasteiger partial charge in [-0.15, -0.1) is 0 Å². The van der Waals surface area contributed by atoms with Crippen LogP contribution in [0.1, 0.15) is 230 Å². The average molecular weight is 743 g/mol. The van der Waals surface area contributed by atoms with Gasteiger partial charge in [-0.25, -0.2) is 0 Å². The molecule has 5 nitrogen and oxygen atoms in total. The number of hydrogen-bond acceptors (Lipinski definition) is 4. The molecule has 7 heteroatoms. The van der Waals surface area contributed by atoms with Crippen LogP contribution < -0.4 is 0 Å². The number of unbranched alkanes of at least 4 members (excludes halogenated alkanes) is 27. The Labute approximate surface area is 311 Å². The summed E-state index contributed by atoms with van der Waals surface area (Å²) < 4.78 is 52.4. The maximum absolute atomic E-state index is 13.3. The van der Waals surface area contributed by atoms with Gasteiger partial charge in [-0.1, -0.05) is 97.8 Å². The third kappa shape index (κ3) is 24.5. The van der Waals surface area contributed by atoms with Gasteiger partial charge in [-0.2, -0.15) is 0 Å². The molecule has 1 N–H and O–H groups in total. The normalized spacial score (nSPS) is 11.8. The van der Waals surface area contributed by atoms with Crippen molar-refractivity contribution in [1.29, 1.82) is 0 Å². The Hall–Kier alpha value is -0.396. The van der Waals surface area contributed by atoms with E-state index in [-0.39, 0.29) is 4.90 Å². The van der Waals surface area contributed by atoms with Gasteiger partial charge in [-0.3, -0.25) is 0 Å². The number of hydrogen-bond donors (Lipinski definition) is 1. The topological polar surface area (TPSA) is 80.7 Å². The molecule has 0 fully saturated rings. The molecule has 0 saturated carbocycles. The zero-order valence-electron chi connectivity index (χ0n) is 32.5. The molecule has 0 saturated heterocycles. The predicted molar refractivity (Wildman–Crippen MR) is 204 cm³/mol.